The molecule has 0 saturated carbocycles. The molecule has 0 spiro atoms. The van der Waals surface area contributed by atoms with Gasteiger partial charge >= 0.3 is 0 Å². The maximum absolute atomic E-state index is 12.3. The molecule has 3 amide bonds. The summed E-state index contributed by atoms with van der Waals surface area (Å²) in [5, 5.41) is 2.62. The number of hydrogen-bond acceptors (Lipinski definition) is 7. The second-order valence-corrected chi connectivity index (χ2v) is 6.15. The number of aromatic nitrogens is 2. The SMILES string of the molecule is O=C(CN1C(=O)c2ccccc2C1=O)Nc1cc(N2CCOCC2)ncn1. The molecule has 0 unspecified atom stereocenters. The number of anilines is 2. The number of fused-ring (bicyclic) bond motifs is 1. The minimum atomic E-state index is -0.504. The number of hydrogen-bond donors (Lipinski definition) is 1. The lowest BCUT2D eigenvalue weighted by Gasteiger charge is -2.27. The van der Waals surface area contributed by atoms with E-state index in [4.69, 9.17) is 4.74 Å². The van der Waals surface area contributed by atoms with Crippen molar-refractivity contribution in [3.8, 4) is 0 Å². The molecular formula is C18H17N5O4. The molecule has 0 radical (unpaired) electrons. The molecule has 0 aliphatic carbocycles. The predicted molar refractivity (Wildman–Crippen MR) is 95.5 cm³/mol. The molecule has 1 fully saturated rings. The first-order valence-corrected chi connectivity index (χ1v) is 8.53. The number of ether oxygens (including phenoxy) is 1. The van der Waals surface area contributed by atoms with E-state index >= 15 is 0 Å². The van der Waals surface area contributed by atoms with Crippen LogP contribution >= 0.6 is 0 Å². The summed E-state index contributed by atoms with van der Waals surface area (Å²) < 4.78 is 5.31. The van der Waals surface area contributed by atoms with Gasteiger partial charge in [0.05, 0.1) is 24.3 Å². The Labute approximate surface area is 155 Å². The van der Waals surface area contributed by atoms with E-state index in [9.17, 15) is 14.4 Å². The monoisotopic (exact) mass is 367 g/mol. The van der Waals surface area contributed by atoms with Gasteiger partial charge in [0.15, 0.2) is 0 Å². The zero-order valence-electron chi connectivity index (χ0n) is 14.4. The number of rotatable bonds is 4. The van der Waals surface area contributed by atoms with Gasteiger partial charge < -0.3 is 15.0 Å². The van der Waals surface area contributed by atoms with Crippen LogP contribution in [-0.4, -0.2) is 65.4 Å². The minimum Gasteiger partial charge on any atom is -0.378 e. The van der Waals surface area contributed by atoms with Crippen molar-refractivity contribution in [1.29, 1.82) is 0 Å². The summed E-state index contributed by atoms with van der Waals surface area (Å²) in [6.07, 6.45) is 1.36. The molecule has 1 N–H and O–H groups in total. The topological polar surface area (TPSA) is 105 Å². The highest BCUT2D eigenvalue weighted by Gasteiger charge is 2.36. The lowest BCUT2D eigenvalue weighted by molar-refractivity contribution is -0.116. The maximum Gasteiger partial charge on any atom is 0.262 e. The maximum atomic E-state index is 12.3. The summed E-state index contributed by atoms with van der Waals surface area (Å²) in [6, 6.07) is 8.17. The molecule has 1 aromatic heterocycles. The lowest BCUT2D eigenvalue weighted by Crippen LogP contribution is -2.38. The number of carbonyl (C=O) groups excluding carboxylic acids is 3. The third-order valence-electron chi connectivity index (χ3n) is 4.44. The van der Waals surface area contributed by atoms with Crippen molar-refractivity contribution in [3.63, 3.8) is 0 Å². The van der Waals surface area contributed by atoms with E-state index < -0.39 is 17.7 Å². The molecule has 4 rings (SSSR count). The molecule has 9 nitrogen and oxygen atoms in total. The molecule has 0 atom stereocenters. The number of amides is 3. The largest absolute Gasteiger partial charge is 0.378 e. The first kappa shape index (κ1) is 17.1. The first-order chi connectivity index (χ1) is 13.1. The average molecular weight is 367 g/mol. The molecule has 2 aliphatic rings. The minimum absolute atomic E-state index is 0.312. The van der Waals surface area contributed by atoms with Crippen LogP contribution in [0.25, 0.3) is 0 Å². The van der Waals surface area contributed by atoms with Gasteiger partial charge in [0, 0.05) is 19.2 Å². The van der Waals surface area contributed by atoms with Crippen molar-refractivity contribution in [1.82, 2.24) is 14.9 Å². The van der Waals surface area contributed by atoms with Gasteiger partial charge in [0.25, 0.3) is 11.8 Å². The number of morpholine rings is 1. The van der Waals surface area contributed by atoms with E-state index in [0.717, 1.165) is 4.90 Å². The van der Waals surface area contributed by atoms with Crippen LogP contribution in [0.3, 0.4) is 0 Å². The fourth-order valence-electron chi connectivity index (χ4n) is 3.09. The third kappa shape index (κ3) is 3.36. The highest BCUT2D eigenvalue weighted by atomic mass is 16.5. The van der Waals surface area contributed by atoms with Gasteiger partial charge in [-0.25, -0.2) is 9.97 Å². The van der Waals surface area contributed by atoms with Gasteiger partial charge in [0.2, 0.25) is 5.91 Å². The van der Waals surface area contributed by atoms with Crippen molar-refractivity contribution in [2.24, 2.45) is 0 Å². The highest BCUT2D eigenvalue weighted by Crippen LogP contribution is 2.22. The van der Waals surface area contributed by atoms with Gasteiger partial charge in [-0.05, 0) is 12.1 Å². The smallest absolute Gasteiger partial charge is 0.262 e. The molecule has 0 bridgehead atoms. The summed E-state index contributed by atoms with van der Waals surface area (Å²) in [5.41, 5.74) is 0.624. The number of nitrogens with zero attached hydrogens (tertiary/aromatic N) is 4. The Morgan fingerprint density at radius 1 is 1.07 bits per heavy atom. The molecule has 1 aromatic carbocycles. The quantitative estimate of drug-likeness (QED) is 0.787. The van der Waals surface area contributed by atoms with Gasteiger partial charge in [-0.15, -0.1) is 0 Å². The van der Waals surface area contributed by atoms with Gasteiger partial charge in [-0.2, -0.15) is 0 Å². The van der Waals surface area contributed by atoms with Crippen LogP contribution in [0.4, 0.5) is 11.6 Å². The fraction of sp³-hybridized carbons (Fsp3) is 0.278. The molecule has 9 heteroatoms. The van der Waals surface area contributed by atoms with Crippen molar-refractivity contribution >= 4 is 29.4 Å². The zero-order valence-corrected chi connectivity index (χ0v) is 14.4. The summed E-state index contributed by atoms with van der Waals surface area (Å²) in [4.78, 5) is 48.2. The standard InChI is InChI=1S/C18H17N5O4/c24-16(10-23-17(25)12-3-1-2-4-13(12)18(23)26)21-14-9-15(20-11-19-14)22-5-7-27-8-6-22/h1-4,9,11H,5-8,10H2,(H,19,20,21,24). The fourth-order valence-corrected chi connectivity index (χ4v) is 3.09. The molecule has 2 aliphatic heterocycles. The Bertz CT molecular complexity index is 875. The zero-order chi connectivity index (χ0) is 18.8. The highest BCUT2D eigenvalue weighted by molar-refractivity contribution is 6.22. The van der Waals surface area contributed by atoms with Crippen molar-refractivity contribution in [2.45, 2.75) is 0 Å². The van der Waals surface area contributed by atoms with E-state index in [-0.39, 0.29) is 6.54 Å². The Hall–Kier alpha value is -3.33. The summed E-state index contributed by atoms with van der Waals surface area (Å²) in [5.74, 6) is -0.446. The second kappa shape index (κ2) is 7.12. The lowest BCUT2D eigenvalue weighted by atomic mass is 10.1. The Morgan fingerprint density at radius 2 is 1.74 bits per heavy atom. The molecule has 3 heterocycles. The van der Waals surface area contributed by atoms with E-state index in [1.807, 2.05) is 4.90 Å². The average Bonchev–Trinajstić information content (AvgIpc) is 2.94. The van der Waals surface area contributed by atoms with Crippen molar-refractivity contribution < 1.29 is 19.1 Å². The van der Waals surface area contributed by atoms with E-state index in [2.05, 4.69) is 15.3 Å². The summed E-state index contributed by atoms with van der Waals surface area (Å²) in [7, 11) is 0. The second-order valence-electron chi connectivity index (χ2n) is 6.15. The van der Waals surface area contributed by atoms with Crippen molar-refractivity contribution in [3.05, 3.63) is 47.8 Å². The molecule has 138 valence electrons. The molecule has 27 heavy (non-hydrogen) atoms. The van der Waals surface area contributed by atoms with Crippen LogP contribution in [0, 0.1) is 0 Å². The number of nitrogens with one attached hydrogen (secondary N) is 1. The van der Waals surface area contributed by atoms with Crippen LogP contribution in [0.2, 0.25) is 0 Å². The van der Waals surface area contributed by atoms with E-state index in [1.54, 1.807) is 30.3 Å². The first-order valence-electron chi connectivity index (χ1n) is 8.53. The Morgan fingerprint density at radius 3 is 2.41 bits per heavy atom. The number of benzene rings is 1. The van der Waals surface area contributed by atoms with Crippen molar-refractivity contribution in [2.75, 3.05) is 43.1 Å². The van der Waals surface area contributed by atoms with E-state index in [1.165, 1.54) is 6.33 Å². The Balaban J connectivity index is 1.43. The van der Waals surface area contributed by atoms with Gasteiger partial charge in [-0.3, -0.25) is 19.3 Å². The van der Waals surface area contributed by atoms with Crippen LogP contribution in [0.5, 0.6) is 0 Å². The third-order valence-corrected chi connectivity index (χ3v) is 4.44. The van der Waals surface area contributed by atoms with Gasteiger partial charge in [-0.1, -0.05) is 12.1 Å². The van der Waals surface area contributed by atoms with Gasteiger partial charge in [0.1, 0.15) is 24.5 Å². The van der Waals surface area contributed by atoms with Crippen LogP contribution in [0.1, 0.15) is 20.7 Å². The normalized spacial score (nSPS) is 16.4. The van der Waals surface area contributed by atoms with Crippen LogP contribution in [-0.2, 0) is 9.53 Å². The number of carbonyl (C=O) groups is 3. The number of imide groups is 1. The molecule has 2 aromatic rings. The summed E-state index contributed by atoms with van der Waals surface area (Å²) in [6.45, 7) is 2.28. The van der Waals surface area contributed by atoms with Crippen LogP contribution in [0.15, 0.2) is 36.7 Å². The Kier molecular flexibility index (Phi) is 4.51. The van der Waals surface area contributed by atoms with E-state index in [0.29, 0.717) is 49.1 Å². The van der Waals surface area contributed by atoms with Crippen LogP contribution < -0.4 is 10.2 Å². The molecular weight excluding hydrogens is 350 g/mol. The summed E-state index contributed by atoms with van der Waals surface area (Å²) >= 11 is 0. The molecule has 1 saturated heterocycles. The predicted octanol–water partition coefficient (Wildman–Crippen LogP) is 0.548.